The van der Waals surface area contributed by atoms with Gasteiger partial charge in [0.05, 0.1) is 40.3 Å². The number of hydrogen-bond donors (Lipinski definition) is 2. The fraction of sp³-hybridized carbons (Fsp3) is 0.857. The van der Waals surface area contributed by atoms with Gasteiger partial charge < -0.3 is 21.0 Å². The molecule has 1 aliphatic heterocycles. The molecule has 0 spiro atoms. The highest BCUT2D eigenvalue weighted by Crippen LogP contribution is 2.05. The number of likely N-dealkylation sites (N-methyl/N-ethyl adjacent to an activating group) is 1. The maximum absolute atomic E-state index is 5.58. The van der Waals surface area contributed by atoms with E-state index in [0.29, 0.717) is 5.96 Å². The van der Waals surface area contributed by atoms with Crippen LogP contribution in [0.5, 0.6) is 0 Å². The largest absolute Gasteiger partial charge is 0.368 e. The molecule has 0 aliphatic carbocycles. The SMILES string of the molecule is C[N+]1(C)CCN(C(N)=NN)CC1. The average molecular weight is 172 g/mol. The number of guanidine groups is 1. The van der Waals surface area contributed by atoms with Crippen LogP contribution >= 0.6 is 0 Å². The fourth-order valence-electron chi connectivity index (χ4n) is 1.32. The first-order valence-corrected chi connectivity index (χ1v) is 4.15. The molecule has 0 bridgehead atoms. The lowest BCUT2D eigenvalue weighted by atomic mass is 10.3. The van der Waals surface area contributed by atoms with Crippen LogP contribution in [-0.4, -0.2) is 55.6 Å². The molecular weight excluding hydrogens is 154 g/mol. The van der Waals surface area contributed by atoms with Crippen LogP contribution in [0.3, 0.4) is 0 Å². The minimum absolute atomic E-state index is 0.453. The quantitative estimate of drug-likeness (QED) is 0.155. The van der Waals surface area contributed by atoms with Crippen molar-refractivity contribution < 1.29 is 4.48 Å². The van der Waals surface area contributed by atoms with Gasteiger partial charge in [-0.15, -0.1) is 5.10 Å². The van der Waals surface area contributed by atoms with E-state index in [9.17, 15) is 0 Å². The van der Waals surface area contributed by atoms with Crippen molar-refractivity contribution in [2.24, 2.45) is 16.7 Å². The van der Waals surface area contributed by atoms with E-state index in [0.717, 1.165) is 30.7 Å². The summed E-state index contributed by atoms with van der Waals surface area (Å²) < 4.78 is 1.05. The third kappa shape index (κ3) is 2.01. The highest BCUT2D eigenvalue weighted by molar-refractivity contribution is 5.77. The van der Waals surface area contributed by atoms with Crippen LogP contribution < -0.4 is 11.6 Å². The Morgan fingerprint density at radius 2 is 1.83 bits per heavy atom. The van der Waals surface area contributed by atoms with E-state index in [1.807, 2.05) is 4.90 Å². The van der Waals surface area contributed by atoms with Crippen molar-refractivity contribution >= 4 is 5.96 Å². The van der Waals surface area contributed by atoms with Gasteiger partial charge in [0.25, 0.3) is 0 Å². The zero-order valence-electron chi connectivity index (χ0n) is 7.82. The standard InChI is InChI=1S/C7H18N5/c1-12(2)5-3-11(4-6-12)7(8)10-9/h3-6,9H2,1-2H3,(H2,8,10)/q+1. The maximum atomic E-state index is 5.58. The smallest absolute Gasteiger partial charge is 0.213 e. The molecule has 1 rings (SSSR count). The number of rotatable bonds is 0. The molecule has 12 heavy (non-hydrogen) atoms. The molecule has 4 N–H and O–H groups in total. The van der Waals surface area contributed by atoms with Crippen LogP contribution in [-0.2, 0) is 0 Å². The minimum atomic E-state index is 0.453. The van der Waals surface area contributed by atoms with Crippen molar-refractivity contribution in [1.29, 1.82) is 0 Å². The number of nitrogens with zero attached hydrogens (tertiary/aromatic N) is 3. The molecule has 1 heterocycles. The summed E-state index contributed by atoms with van der Waals surface area (Å²) in [5.74, 6) is 5.54. The summed E-state index contributed by atoms with van der Waals surface area (Å²) in [6, 6.07) is 0. The van der Waals surface area contributed by atoms with E-state index in [1.54, 1.807) is 0 Å². The molecule has 0 aromatic carbocycles. The normalized spacial score (nSPS) is 24.2. The Balaban J connectivity index is 2.47. The Bertz CT molecular complexity index is 176. The Morgan fingerprint density at radius 3 is 2.25 bits per heavy atom. The van der Waals surface area contributed by atoms with E-state index >= 15 is 0 Å². The predicted molar refractivity (Wildman–Crippen MR) is 49.2 cm³/mol. The molecule has 0 aromatic rings. The molecule has 0 saturated carbocycles. The number of hydrazone groups is 1. The Labute approximate surface area is 73.2 Å². The van der Waals surface area contributed by atoms with Gasteiger partial charge >= 0.3 is 0 Å². The summed E-state index contributed by atoms with van der Waals surface area (Å²) in [5, 5.41) is 3.47. The van der Waals surface area contributed by atoms with E-state index in [-0.39, 0.29) is 0 Å². The number of quaternary nitrogens is 1. The summed E-state index contributed by atoms with van der Waals surface area (Å²) in [6.07, 6.45) is 0. The molecule has 0 radical (unpaired) electrons. The molecule has 1 fully saturated rings. The lowest BCUT2D eigenvalue weighted by Gasteiger charge is -2.39. The fourth-order valence-corrected chi connectivity index (χ4v) is 1.32. The summed E-state index contributed by atoms with van der Waals surface area (Å²) >= 11 is 0. The average Bonchev–Trinajstić information content (AvgIpc) is 2.03. The molecular formula is C7H18N5+. The zero-order chi connectivity index (χ0) is 9.19. The molecule has 5 heteroatoms. The topological polar surface area (TPSA) is 67.6 Å². The van der Waals surface area contributed by atoms with Crippen LogP contribution in [0.2, 0.25) is 0 Å². The van der Waals surface area contributed by atoms with Gasteiger partial charge in [-0.2, -0.15) is 0 Å². The van der Waals surface area contributed by atoms with Gasteiger partial charge in [-0.1, -0.05) is 0 Å². The van der Waals surface area contributed by atoms with E-state index < -0.39 is 0 Å². The van der Waals surface area contributed by atoms with Crippen LogP contribution in [0.15, 0.2) is 5.10 Å². The minimum Gasteiger partial charge on any atom is -0.368 e. The third-order valence-corrected chi connectivity index (χ3v) is 2.41. The molecule has 0 aromatic heterocycles. The number of piperazine rings is 1. The van der Waals surface area contributed by atoms with Crippen LogP contribution in [0.4, 0.5) is 0 Å². The number of hydrogen-bond acceptors (Lipinski definition) is 2. The second-order valence-electron chi connectivity index (χ2n) is 3.86. The lowest BCUT2D eigenvalue weighted by molar-refractivity contribution is -0.894. The molecule has 1 saturated heterocycles. The predicted octanol–water partition coefficient (Wildman–Crippen LogP) is -1.43. The second kappa shape index (κ2) is 3.18. The van der Waals surface area contributed by atoms with E-state index in [2.05, 4.69) is 19.2 Å². The first-order valence-electron chi connectivity index (χ1n) is 4.15. The van der Waals surface area contributed by atoms with Gasteiger partial charge in [-0.05, 0) is 0 Å². The van der Waals surface area contributed by atoms with Gasteiger partial charge in [-0.3, -0.25) is 0 Å². The summed E-state index contributed by atoms with van der Waals surface area (Å²) in [7, 11) is 4.43. The van der Waals surface area contributed by atoms with Gasteiger partial charge in [-0.25, -0.2) is 0 Å². The van der Waals surface area contributed by atoms with Crippen molar-refractivity contribution in [3.8, 4) is 0 Å². The van der Waals surface area contributed by atoms with Crippen molar-refractivity contribution in [3.63, 3.8) is 0 Å². The molecule has 5 nitrogen and oxygen atoms in total. The Hall–Kier alpha value is -0.970. The van der Waals surface area contributed by atoms with Gasteiger partial charge in [0.2, 0.25) is 5.96 Å². The maximum Gasteiger partial charge on any atom is 0.213 e. The molecule has 1 aliphatic rings. The Kier molecular flexibility index (Phi) is 2.42. The van der Waals surface area contributed by atoms with Gasteiger partial charge in [0, 0.05) is 0 Å². The van der Waals surface area contributed by atoms with Crippen molar-refractivity contribution in [1.82, 2.24) is 4.90 Å². The zero-order valence-corrected chi connectivity index (χ0v) is 7.82. The Morgan fingerprint density at radius 1 is 1.33 bits per heavy atom. The van der Waals surface area contributed by atoms with Crippen LogP contribution in [0, 0.1) is 0 Å². The molecule has 0 amide bonds. The second-order valence-corrected chi connectivity index (χ2v) is 3.86. The monoisotopic (exact) mass is 172 g/mol. The van der Waals surface area contributed by atoms with Crippen LogP contribution in [0.1, 0.15) is 0 Å². The summed E-state index contributed by atoms with van der Waals surface area (Å²) in [6.45, 7) is 4.07. The summed E-state index contributed by atoms with van der Waals surface area (Å²) in [5.41, 5.74) is 5.58. The first-order chi connectivity index (χ1) is 5.55. The van der Waals surface area contributed by atoms with Crippen LogP contribution in [0.25, 0.3) is 0 Å². The van der Waals surface area contributed by atoms with E-state index in [4.69, 9.17) is 11.6 Å². The van der Waals surface area contributed by atoms with Gasteiger partial charge in [0.1, 0.15) is 0 Å². The highest BCUT2D eigenvalue weighted by Gasteiger charge is 2.24. The first kappa shape index (κ1) is 9.12. The van der Waals surface area contributed by atoms with Crippen molar-refractivity contribution in [2.45, 2.75) is 0 Å². The lowest BCUT2D eigenvalue weighted by Crippen LogP contribution is -2.57. The van der Waals surface area contributed by atoms with E-state index in [1.165, 1.54) is 0 Å². The molecule has 0 unspecified atom stereocenters. The third-order valence-electron chi connectivity index (χ3n) is 2.41. The van der Waals surface area contributed by atoms with Crippen molar-refractivity contribution in [2.75, 3.05) is 40.3 Å². The van der Waals surface area contributed by atoms with Crippen molar-refractivity contribution in [3.05, 3.63) is 0 Å². The van der Waals surface area contributed by atoms with Gasteiger partial charge in [0.15, 0.2) is 0 Å². The molecule has 0 atom stereocenters. The molecule has 70 valence electrons. The highest BCUT2D eigenvalue weighted by atomic mass is 15.4. The summed E-state index contributed by atoms with van der Waals surface area (Å²) in [4.78, 5) is 2.02. The number of nitrogens with two attached hydrogens (primary N) is 2.